The van der Waals surface area contributed by atoms with Gasteiger partial charge >= 0.3 is 6.09 Å². The monoisotopic (exact) mass is 270 g/mol. The van der Waals surface area contributed by atoms with Gasteiger partial charge in [0.2, 0.25) is 5.91 Å². The van der Waals surface area contributed by atoms with Gasteiger partial charge in [-0.15, -0.1) is 0 Å². The van der Waals surface area contributed by atoms with Crippen molar-refractivity contribution in [1.29, 1.82) is 0 Å². The number of nitrogens with zero attached hydrogens (tertiary/aromatic N) is 1. The molecule has 6 heteroatoms. The molecule has 2 amide bonds. The Morgan fingerprint density at radius 1 is 1.42 bits per heavy atom. The van der Waals surface area contributed by atoms with Crippen molar-refractivity contribution in [3.63, 3.8) is 0 Å². The molecule has 19 heavy (non-hydrogen) atoms. The van der Waals surface area contributed by atoms with Gasteiger partial charge in [-0.25, -0.2) is 4.79 Å². The molecule has 0 bridgehead atoms. The molecule has 108 valence electrons. The van der Waals surface area contributed by atoms with E-state index in [0.717, 1.165) is 6.42 Å². The van der Waals surface area contributed by atoms with Gasteiger partial charge in [0, 0.05) is 13.2 Å². The standard InChI is InChI=1S/C13H22N2O4/c1-13(2,3)19-12(17)14-10-4-6-15(11(10)16)9-5-7-18-8-9/h9-10H,4-8H2,1-3H3,(H,14,17)/t9-,10-/m0/s1. The predicted molar refractivity (Wildman–Crippen MR) is 68.7 cm³/mol. The SMILES string of the molecule is CC(C)(C)OC(=O)N[C@H]1CCN([C@H]2CCOC2)C1=O. The molecule has 2 fully saturated rings. The molecule has 0 aromatic heterocycles. The second kappa shape index (κ2) is 5.36. The van der Waals surface area contributed by atoms with Crippen LogP contribution in [0.1, 0.15) is 33.6 Å². The van der Waals surface area contributed by atoms with E-state index in [1.807, 2.05) is 4.90 Å². The first-order chi connectivity index (χ1) is 8.87. The van der Waals surface area contributed by atoms with Crippen molar-refractivity contribution in [3.8, 4) is 0 Å². The third-order valence-corrected chi connectivity index (χ3v) is 3.28. The summed E-state index contributed by atoms with van der Waals surface area (Å²) in [5.74, 6) is -0.0265. The van der Waals surface area contributed by atoms with Crippen molar-refractivity contribution in [2.45, 2.75) is 51.3 Å². The molecule has 0 saturated carbocycles. The van der Waals surface area contributed by atoms with Crippen LogP contribution in [0.15, 0.2) is 0 Å². The fourth-order valence-electron chi connectivity index (χ4n) is 2.42. The summed E-state index contributed by atoms with van der Waals surface area (Å²) in [6, 6.07) is -0.298. The Labute approximate surface area is 113 Å². The zero-order valence-electron chi connectivity index (χ0n) is 11.8. The van der Waals surface area contributed by atoms with Gasteiger partial charge in [-0.3, -0.25) is 4.79 Å². The number of hydrogen-bond acceptors (Lipinski definition) is 4. The molecule has 0 aliphatic carbocycles. The average molecular weight is 270 g/mol. The average Bonchev–Trinajstić information content (AvgIpc) is 2.87. The summed E-state index contributed by atoms with van der Waals surface area (Å²) in [5.41, 5.74) is -0.551. The highest BCUT2D eigenvalue weighted by Gasteiger charge is 2.38. The van der Waals surface area contributed by atoms with E-state index in [1.54, 1.807) is 20.8 Å². The van der Waals surface area contributed by atoms with Gasteiger partial charge in [0.05, 0.1) is 12.6 Å². The highest BCUT2D eigenvalue weighted by Crippen LogP contribution is 2.20. The van der Waals surface area contributed by atoms with Crippen LogP contribution in [0.2, 0.25) is 0 Å². The predicted octanol–water partition coefficient (Wildman–Crippen LogP) is 0.901. The molecule has 0 radical (unpaired) electrons. The molecule has 2 rings (SSSR count). The van der Waals surface area contributed by atoms with Crippen LogP contribution in [-0.4, -0.2) is 54.3 Å². The first-order valence-corrected chi connectivity index (χ1v) is 6.74. The molecule has 0 aromatic carbocycles. The lowest BCUT2D eigenvalue weighted by atomic mass is 10.2. The van der Waals surface area contributed by atoms with Gasteiger partial charge in [-0.1, -0.05) is 0 Å². The number of likely N-dealkylation sites (tertiary alicyclic amines) is 1. The number of rotatable bonds is 2. The maximum absolute atomic E-state index is 12.2. The van der Waals surface area contributed by atoms with Crippen molar-refractivity contribution in [2.24, 2.45) is 0 Å². The maximum Gasteiger partial charge on any atom is 0.408 e. The van der Waals surface area contributed by atoms with Crippen LogP contribution in [0.5, 0.6) is 0 Å². The number of alkyl carbamates (subject to hydrolysis) is 1. The third-order valence-electron chi connectivity index (χ3n) is 3.28. The molecular weight excluding hydrogens is 248 g/mol. The Morgan fingerprint density at radius 3 is 2.74 bits per heavy atom. The minimum absolute atomic E-state index is 0.0265. The minimum atomic E-state index is -0.551. The van der Waals surface area contributed by atoms with Crippen LogP contribution in [0.4, 0.5) is 4.79 Å². The fourth-order valence-corrected chi connectivity index (χ4v) is 2.42. The van der Waals surface area contributed by atoms with Gasteiger partial charge < -0.3 is 19.7 Å². The number of ether oxygens (including phenoxy) is 2. The molecule has 2 aliphatic heterocycles. The van der Waals surface area contributed by atoms with E-state index < -0.39 is 17.7 Å². The molecule has 0 unspecified atom stereocenters. The van der Waals surface area contributed by atoms with E-state index in [2.05, 4.69) is 5.32 Å². The van der Waals surface area contributed by atoms with Crippen LogP contribution in [0.3, 0.4) is 0 Å². The van der Waals surface area contributed by atoms with Crippen LogP contribution in [0, 0.1) is 0 Å². The normalized spacial score (nSPS) is 27.7. The Morgan fingerprint density at radius 2 is 2.16 bits per heavy atom. The van der Waals surface area contributed by atoms with E-state index in [-0.39, 0.29) is 11.9 Å². The zero-order valence-corrected chi connectivity index (χ0v) is 11.8. The number of carbonyl (C=O) groups is 2. The summed E-state index contributed by atoms with van der Waals surface area (Å²) in [6.07, 6.45) is 0.981. The Bertz CT molecular complexity index is 358. The van der Waals surface area contributed by atoms with Gasteiger partial charge in [-0.05, 0) is 33.6 Å². The summed E-state index contributed by atoms with van der Waals surface area (Å²) in [4.78, 5) is 25.7. The number of carbonyl (C=O) groups excluding carboxylic acids is 2. The van der Waals surface area contributed by atoms with Crippen molar-refractivity contribution < 1.29 is 19.1 Å². The van der Waals surface area contributed by atoms with E-state index in [1.165, 1.54) is 0 Å². The van der Waals surface area contributed by atoms with Crippen molar-refractivity contribution in [3.05, 3.63) is 0 Å². The maximum atomic E-state index is 12.2. The fraction of sp³-hybridized carbons (Fsp3) is 0.846. The number of hydrogen-bond donors (Lipinski definition) is 1. The van der Waals surface area contributed by atoms with Crippen molar-refractivity contribution in [2.75, 3.05) is 19.8 Å². The molecule has 2 atom stereocenters. The molecule has 0 spiro atoms. The van der Waals surface area contributed by atoms with Gasteiger partial charge in [0.1, 0.15) is 11.6 Å². The van der Waals surface area contributed by atoms with Gasteiger partial charge in [0.25, 0.3) is 0 Å². The lowest BCUT2D eigenvalue weighted by Gasteiger charge is -2.24. The smallest absolute Gasteiger partial charge is 0.408 e. The topological polar surface area (TPSA) is 67.9 Å². The van der Waals surface area contributed by atoms with Crippen molar-refractivity contribution >= 4 is 12.0 Å². The summed E-state index contributed by atoms with van der Waals surface area (Å²) < 4.78 is 10.5. The lowest BCUT2D eigenvalue weighted by molar-refractivity contribution is -0.131. The van der Waals surface area contributed by atoms with Crippen molar-refractivity contribution in [1.82, 2.24) is 10.2 Å². The van der Waals surface area contributed by atoms with E-state index in [9.17, 15) is 9.59 Å². The van der Waals surface area contributed by atoms with Crippen LogP contribution < -0.4 is 5.32 Å². The van der Waals surface area contributed by atoms with Crippen LogP contribution in [-0.2, 0) is 14.3 Å². The lowest BCUT2D eigenvalue weighted by Crippen LogP contribution is -2.46. The van der Waals surface area contributed by atoms with Gasteiger partial charge in [-0.2, -0.15) is 0 Å². The zero-order chi connectivity index (χ0) is 14.0. The van der Waals surface area contributed by atoms with Gasteiger partial charge in [0.15, 0.2) is 0 Å². The molecule has 1 N–H and O–H groups in total. The highest BCUT2D eigenvalue weighted by atomic mass is 16.6. The Balaban J connectivity index is 1.86. The minimum Gasteiger partial charge on any atom is -0.444 e. The summed E-state index contributed by atoms with van der Waals surface area (Å²) >= 11 is 0. The summed E-state index contributed by atoms with van der Waals surface area (Å²) in [6.45, 7) is 7.37. The van der Waals surface area contributed by atoms with E-state index >= 15 is 0 Å². The summed E-state index contributed by atoms with van der Waals surface area (Å²) in [5, 5.41) is 2.65. The largest absolute Gasteiger partial charge is 0.444 e. The van der Waals surface area contributed by atoms with E-state index in [0.29, 0.717) is 26.2 Å². The third kappa shape index (κ3) is 3.59. The molecule has 2 heterocycles. The Hall–Kier alpha value is -1.30. The molecule has 6 nitrogen and oxygen atoms in total. The highest BCUT2D eigenvalue weighted by molar-refractivity contribution is 5.87. The quantitative estimate of drug-likeness (QED) is 0.809. The first kappa shape index (κ1) is 14.1. The number of nitrogens with one attached hydrogen (secondary N) is 1. The molecular formula is C13H22N2O4. The van der Waals surface area contributed by atoms with E-state index in [4.69, 9.17) is 9.47 Å². The molecule has 2 saturated heterocycles. The molecule has 0 aromatic rings. The second-order valence-electron chi connectivity index (χ2n) is 6.04. The Kier molecular flexibility index (Phi) is 3.99. The van der Waals surface area contributed by atoms with Crippen LogP contribution >= 0.6 is 0 Å². The second-order valence-corrected chi connectivity index (χ2v) is 6.04. The van der Waals surface area contributed by atoms with Crippen LogP contribution in [0.25, 0.3) is 0 Å². The summed E-state index contributed by atoms with van der Waals surface area (Å²) in [7, 11) is 0. The molecule has 2 aliphatic rings. The first-order valence-electron chi connectivity index (χ1n) is 6.74. The number of amides is 2.